The summed E-state index contributed by atoms with van der Waals surface area (Å²) < 4.78 is 31.1. The van der Waals surface area contributed by atoms with Crippen molar-refractivity contribution in [3.63, 3.8) is 0 Å². The molecule has 0 radical (unpaired) electrons. The predicted molar refractivity (Wildman–Crippen MR) is 156 cm³/mol. The summed E-state index contributed by atoms with van der Waals surface area (Å²) in [5.41, 5.74) is 5.58. The summed E-state index contributed by atoms with van der Waals surface area (Å²) in [5.74, 6) is 0.359. The van der Waals surface area contributed by atoms with E-state index in [2.05, 4.69) is 21.5 Å². The molecule has 5 rings (SSSR count). The number of rotatable bonds is 8. The van der Waals surface area contributed by atoms with E-state index >= 15 is 0 Å². The number of nitrogens with one attached hydrogen (secondary N) is 1. The minimum Gasteiger partial charge on any atom is -0.265 e. The van der Waals surface area contributed by atoms with Gasteiger partial charge in [-0.3, -0.25) is 4.68 Å². The van der Waals surface area contributed by atoms with Gasteiger partial charge in [-0.2, -0.15) is 5.10 Å². The summed E-state index contributed by atoms with van der Waals surface area (Å²) in [7, 11) is -3.64. The average Bonchev–Trinajstić information content (AvgIpc) is 3.17. The largest absolute Gasteiger partial charge is 0.265 e. The van der Waals surface area contributed by atoms with Crippen molar-refractivity contribution in [2.75, 3.05) is 0 Å². The molecule has 2 atom stereocenters. The molecule has 38 heavy (non-hydrogen) atoms. The van der Waals surface area contributed by atoms with E-state index in [1.807, 2.05) is 49.4 Å². The van der Waals surface area contributed by atoms with E-state index in [0.717, 1.165) is 61.2 Å². The zero-order valence-corrected chi connectivity index (χ0v) is 23.7. The molecule has 202 valence electrons. The Morgan fingerprint density at radius 2 is 1.71 bits per heavy atom. The molecule has 0 saturated heterocycles. The van der Waals surface area contributed by atoms with Crippen molar-refractivity contribution in [3.8, 4) is 0 Å². The maximum Gasteiger partial charge on any atom is 0.234 e. The highest BCUT2D eigenvalue weighted by Gasteiger charge is 2.30. The molecule has 0 spiro atoms. The third-order valence-electron chi connectivity index (χ3n) is 8.06. The molecule has 1 unspecified atom stereocenters. The summed E-state index contributed by atoms with van der Waals surface area (Å²) >= 11 is 6.15. The van der Waals surface area contributed by atoms with Crippen LogP contribution in [0.4, 0.5) is 0 Å². The minimum absolute atomic E-state index is 0.313. The van der Waals surface area contributed by atoms with E-state index in [0.29, 0.717) is 12.0 Å². The van der Waals surface area contributed by atoms with Gasteiger partial charge in [0, 0.05) is 33.6 Å². The van der Waals surface area contributed by atoms with E-state index in [-0.39, 0.29) is 6.04 Å². The molecule has 1 saturated carbocycles. The minimum atomic E-state index is -3.64. The molecule has 1 aromatic heterocycles. The fraction of sp³-hybridized carbons (Fsp3) is 0.452. The second-order valence-electron chi connectivity index (χ2n) is 10.9. The summed E-state index contributed by atoms with van der Waals surface area (Å²) in [6, 6.07) is 17.9. The first kappa shape index (κ1) is 27.2. The van der Waals surface area contributed by atoms with Crippen molar-refractivity contribution in [2.24, 2.45) is 0 Å². The summed E-state index contributed by atoms with van der Waals surface area (Å²) in [6.07, 6.45) is 13.0. The Morgan fingerprint density at radius 3 is 2.45 bits per heavy atom. The van der Waals surface area contributed by atoms with Crippen molar-refractivity contribution in [3.05, 3.63) is 93.1 Å². The molecule has 1 heterocycles. The fourth-order valence-electron chi connectivity index (χ4n) is 6.11. The molecule has 5 nitrogen and oxygen atoms in total. The quantitative estimate of drug-likeness (QED) is 0.291. The molecule has 1 fully saturated rings. The van der Waals surface area contributed by atoms with Crippen LogP contribution in [0.3, 0.4) is 0 Å². The normalized spacial score (nSPS) is 19.8. The SMILES string of the molecule is C[C@@H](NS(=O)(=O)/C=C/c1nn(C2CCCCC2)c2c1CCCCC2Cc1ccc(Cl)cc1)c1ccccc1. The fourth-order valence-corrected chi connectivity index (χ4v) is 7.25. The van der Waals surface area contributed by atoms with Crippen LogP contribution in [0.15, 0.2) is 60.0 Å². The first-order valence-electron chi connectivity index (χ1n) is 14.0. The Kier molecular flexibility index (Phi) is 8.71. The highest BCUT2D eigenvalue weighted by molar-refractivity contribution is 7.92. The topological polar surface area (TPSA) is 64.0 Å². The molecule has 7 heteroatoms. The lowest BCUT2D eigenvalue weighted by Gasteiger charge is -2.27. The Labute approximate surface area is 232 Å². The first-order chi connectivity index (χ1) is 18.4. The van der Waals surface area contributed by atoms with Crippen LogP contribution in [0.2, 0.25) is 5.02 Å². The molecular formula is C31H38ClN3O2S. The Balaban J connectivity index is 1.46. The second kappa shape index (κ2) is 12.2. The van der Waals surface area contributed by atoms with Crippen LogP contribution >= 0.6 is 11.6 Å². The molecule has 2 aliphatic carbocycles. The van der Waals surface area contributed by atoms with Gasteiger partial charge in [-0.25, -0.2) is 13.1 Å². The predicted octanol–water partition coefficient (Wildman–Crippen LogP) is 7.75. The highest BCUT2D eigenvalue weighted by Crippen LogP contribution is 2.39. The van der Waals surface area contributed by atoms with E-state index in [4.69, 9.17) is 16.7 Å². The smallest absolute Gasteiger partial charge is 0.234 e. The van der Waals surface area contributed by atoms with E-state index < -0.39 is 10.0 Å². The Bertz CT molecular complexity index is 1340. The standard InChI is InChI=1S/C31H38ClN3O2S/c1-23(25-10-4-2-5-11-25)34-38(36,37)21-20-30-29-15-9-8-12-26(22-24-16-18-27(32)19-17-24)31(29)35(33-30)28-13-6-3-7-14-28/h2,4-5,10-11,16-21,23,26,28,34H,3,6-9,12-15,22H2,1H3/b21-20+/t23-,26?/m1/s1. The number of sulfonamides is 1. The second-order valence-corrected chi connectivity index (χ2v) is 12.9. The number of hydrogen-bond donors (Lipinski definition) is 1. The third-order valence-corrected chi connectivity index (χ3v) is 9.49. The van der Waals surface area contributed by atoms with Crippen LogP contribution < -0.4 is 4.72 Å². The molecule has 2 aliphatic rings. The maximum absolute atomic E-state index is 13.0. The molecule has 0 amide bonds. The van der Waals surface area contributed by atoms with Crippen molar-refractivity contribution in [1.29, 1.82) is 0 Å². The van der Waals surface area contributed by atoms with Crippen LogP contribution in [-0.2, 0) is 22.9 Å². The van der Waals surface area contributed by atoms with Crippen molar-refractivity contribution in [2.45, 2.75) is 89.1 Å². The Morgan fingerprint density at radius 1 is 1.00 bits per heavy atom. The molecule has 0 bridgehead atoms. The Hall–Kier alpha value is -2.41. The van der Waals surface area contributed by atoms with Crippen LogP contribution in [0, 0.1) is 0 Å². The first-order valence-corrected chi connectivity index (χ1v) is 15.9. The van der Waals surface area contributed by atoms with Crippen molar-refractivity contribution in [1.82, 2.24) is 14.5 Å². The van der Waals surface area contributed by atoms with Gasteiger partial charge in [0.25, 0.3) is 0 Å². The molecule has 0 aliphatic heterocycles. The average molecular weight is 552 g/mol. The number of nitrogens with zero attached hydrogens (tertiary/aromatic N) is 2. The lowest BCUT2D eigenvalue weighted by Crippen LogP contribution is -2.24. The van der Waals surface area contributed by atoms with E-state index in [1.165, 1.54) is 41.5 Å². The lowest BCUT2D eigenvalue weighted by atomic mass is 9.89. The monoisotopic (exact) mass is 551 g/mol. The number of halogens is 1. The van der Waals surface area contributed by atoms with Gasteiger partial charge in [-0.05, 0) is 74.8 Å². The van der Waals surface area contributed by atoms with Crippen LogP contribution in [0.1, 0.15) is 104 Å². The summed E-state index contributed by atoms with van der Waals surface area (Å²) in [6.45, 7) is 1.87. The van der Waals surface area contributed by atoms with Crippen molar-refractivity contribution >= 4 is 27.7 Å². The number of fused-ring (bicyclic) bond motifs is 1. The maximum atomic E-state index is 13.0. The van der Waals surface area contributed by atoms with Gasteiger partial charge in [0.05, 0.1) is 11.7 Å². The van der Waals surface area contributed by atoms with Crippen LogP contribution in [0.5, 0.6) is 0 Å². The number of hydrogen-bond acceptors (Lipinski definition) is 3. The zero-order valence-electron chi connectivity index (χ0n) is 22.2. The van der Waals surface area contributed by atoms with Gasteiger partial charge >= 0.3 is 0 Å². The van der Waals surface area contributed by atoms with E-state index in [1.54, 1.807) is 6.08 Å². The third kappa shape index (κ3) is 6.59. The van der Waals surface area contributed by atoms with Gasteiger partial charge in [-0.15, -0.1) is 0 Å². The lowest BCUT2D eigenvalue weighted by molar-refractivity contribution is 0.315. The van der Waals surface area contributed by atoms with Crippen LogP contribution in [0.25, 0.3) is 6.08 Å². The van der Waals surface area contributed by atoms with Gasteiger partial charge in [-0.1, -0.05) is 79.7 Å². The molecule has 3 aromatic rings. The zero-order chi connectivity index (χ0) is 26.5. The molecule has 2 aromatic carbocycles. The van der Waals surface area contributed by atoms with Gasteiger partial charge < -0.3 is 0 Å². The number of aromatic nitrogens is 2. The number of benzene rings is 2. The highest BCUT2D eigenvalue weighted by atomic mass is 35.5. The summed E-state index contributed by atoms with van der Waals surface area (Å²) in [4.78, 5) is 0. The summed E-state index contributed by atoms with van der Waals surface area (Å²) in [5, 5.41) is 7.18. The van der Waals surface area contributed by atoms with Gasteiger partial charge in [0.2, 0.25) is 10.0 Å². The van der Waals surface area contributed by atoms with Gasteiger partial charge in [0.15, 0.2) is 0 Å². The molecular weight excluding hydrogens is 514 g/mol. The van der Waals surface area contributed by atoms with Crippen molar-refractivity contribution < 1.29 is 8.42 Å². The van der Waals surface area contributed by atoms with E-state index in [9.17, 15) is 8.42 Å². The van der Waals surface area contributed by atoms with Gasteiger partial charge in [0.1, 0.15) is 0 Å². The van der Waals surface area contributed by atoms with Crippen LogP contribution in [-0.4, -0.2) is 18.2 Å². The molecule has 1 N–H and O–H groups in total.